The Morgan fingerprint density at radius 2 is 2.05 bits per heavy atom. The van der Waals surface area contributed by atoms with Crippen molar-refractivity contribution in [3.63, 3.8) is 0 Å². The molecule has 0 bridgehead atoms. The Kier molecular flexibility index (Phi) is 7.77. The summed E-state index contributed by atoms with van der Waals surface area (Å²) in [5.41, 5.74) is 6.43. The average molecular weight is 310 g/mol. The first-order valence-corrected chi connectivity index (χ1v) is 7.03. The predicted octanol–water partition coefficient (Wildman–Crippen LogP) is 0.977. The van der Waals surface area contributed by atoms with Crippen molar-refractivity contribution in [3.05, 3.63) is 23.8 Å². The summed E-state index contributed by atoms with van der Waals surface area (Å²) in [5.74, 6) is -0.366. The summed E-state index contributed by atoms with van der Waals surface area (Å²) in [6.07, 6.45) is 0.751. The standard InChI is InChI=1S/C15H22N2O5/c1-3-7-21-15(19)11-4-5-13(12(16)9-11)22-10-14(18)17-6-8-20-2/h4-5,9H,3,6-8,10,16H2,1-2H3,(H,17,18). The second kappa shape index (κ2) is 9.62. The van der Waals surface area contributed by atoms with Gasteiger partial charge < -0.3 is 25.3 Å². The normalized spacial score (nSPS) is 10.1. The molecule has 7 nitrogen and oxygen atoms in total. The van der Waals surface area contributed by atoms with E-state index in [1.807, 2.05) is 6.92 Å². The maximum absolute atomic E-state index is 11.7. The first-order chi connectivity index (χ1) is 10.6. The average Bonchev–Trinajstić information content (AvgIpc) is 2.51. The number of carbonyl (C=O) groups is 2. The van der Waals surface area contributed by atoms with Gasteiger partial charge >= 0.3 is 5.97 Å². The van der Waals surface area contributed by atoms with Gasteiger partial charge in [-0.1, -0.05) is 6.92 Å². The molecule has 22 heavy (non-hydrogen) atoms. The van der Waals surface area contributed by atoms with Gasteiger partial charge in [0.15, 0.2) is 6.61 Å². The predicted molar refractivity (Wildman–Crippen MR) is 81.8 cm³/mol. The van der Waals surface area contributed by atoms with Crippen LogP contribution < -0.4 is 15.8 Å². The molecule has 0 aromatic heterocycles. The van der Waals surface area contributed by atoms with Crippen molar-refractivity contribution < 1.29 is 23.8 Å². The molecule has 0 radical (unpaired) electrons. The SMILES string of the molecule is CCCOC(=O)c1ccc(OCC(=O)NCCOC)c(N)c1. The van der Waals surface area contributed by atoms with E-state index < -0.39 is 5.97 Å². The van der Waals surface area contributed by atoms with E-state index in [2.05, 4.69) is 5.32 Å². The number of anilines is 1. The molecule has 0 atom stereocenters. The molecule has 0 unspecified atom stereocenters. The molecule has 1 rings (SSSR count). The lowest BCUT2D eigenvalue weighted by atomic mass is 10.2. The fourth-order valence-electron chi connectivity index (χ4n) is 1.57. The van der Waals surface area contributed by atoms with E-state index in [-0.39, 0.29) is 18.2 Å². The molecule has 7 heteroatoms. The molecule has 3 N–H and O–H groups in total. The number of methoxy groups -OCH3 is 1. The lowest BCUT2D eigenvalue weighted by Gasteiger charge is -2.10. The molecule has 0 aliphatic rings. The molecule has 0 fully saturated rings. The molecular formula is C15H22N2O5. The molecular weight excluding hydrogens is 288 g/mol. The molecule has 1 aromatic rings. The highest BCUT2D eigenvalue weighted by Crippen LogP contribution is 2.22. The molecule has 122 valence electrons. The van der Waals surface area contributed by atoms with E-state index in [0.717, 1.165) is 6.42 Å². The molecule has 0 aliphatic heterocycles. The van der Waals surface area contributed by atoms with Crippen LogP contribution in [0.1, 0.15) is 23.7 Å². The third-order valence-corrected chi connectivity index (χ3v) is 2.67. The highest BCUT2D eigenvalue weighted by molar-refractivity contribution is 5.91. The third-order valence-electron chi connectivity index (χ3n) is 2.67. The van der Waals surface area contributed by atoms with Gasteiger partial charge in [0.2, 0.25) is 0 Å². The van der Waals surface area contributed by atoms with Crippen molar-refractivity contribution in [1.82, 2.24) is 5.32 Å². The van der Waals surface area contributed by atoms with Crippen LogP contribution in [0.2, 0.25) is 0 Å². The Labute approximate surface area is 129 Å². The van der Waals surface area contributed by atoms with E-state index in [0.29, 0.717) is 31.1 Å². The van der Waals surface area contributed by atoms with Crippen molar-refractivity contribution in [3.8, 4) is 5.75 Å². The van der Waals surface area contributed by atoms with E-state index in [1.54, 1.807) is 19.2 Å². The Bertz CT molecular complexity index is 505. The Morgan fingerprint density at radius 3 is 2.68 bits per heavy atom. The Hall–Kier alpha value is -2.28. The van der Waals surface area contributed by atoms with Crippen LogP contribution >= 0.6 is 0 Å². The smallest absolute Gasteiger partial charge is 0.338 e. The minimum Gasteiger partial charge on any atom is -0.482 e. The zero-order chi connectivity index (χ0) is 16.4. The lowest BCUT2D eigenvalue weighted by Crippen LogP contribution is -2.31. The summed E-state index contributed by atoms with van der Waals surface area (Å²) in [5, 5.41) is 2.62. The molecule has 0 heterocycles. The molecule has 1 aromatic carbocycles. The van der Waals surface area contributed by atoms with E-state index >= 15 is 0 Å². The quantitative estimate of drug-likeness (QED) is 0.400. The van der Waals surface area contributed by atoms with Crippen molar-refractivity contribution >= 4 is 17.6 Å². The highest BCUT2D eigenvalue weighted by Gasteiger charge is 2.11. The summed E-state index contributed by atoms with van der Waals surface area (Å²) < 4.78 is 15.1. The number of esters is 1. The largest absolute Gasteiger partial charge is 0.482 e. The fraction of sp³-hybridized carbons (Fsp3) is 0.467. The van der Waals surface area contributed by atoms with Crippen molar-refractivity contribution in [1.29, 1.82) is 0 Å². The molecule has 1 amide bonds. The number of nitrogens with two attached hydrogens (primary N) is 1. The van der Waals surface area contributed by atoms with E-state index in [4.69, 9.17) is 19.9 Å². The topological polar surface area (TPSA) is 99.9 Å². The molecule has 0 saturated carbocycles. The van der Waals surface area contributed by atoms with Gasteiger partial charge in [-0.05, 0) is 24.6 Å². The van der Waals surface area contributed by atoms with Gasteiger partial charge in [-0.15, -0.1) is 0 Å². The number of amides is 1. The van der Waals surface area contributed by atoms with Gasteiger partial charge in [0.05, 0.1) is 24.5 Å². The van der Waals surface area contributed by atoms with Crippen LogP contribution in [0.15, 0.2) is 18.2 Å². The van der Waals surface area contributed by atoms with Crippen molar-refractivity contribution in [2.45, 2.75) is 13.3 Å². The van der Waals surface area contributed by atoms with Crippen molar-refractivity contribution in [2.75, 3.05) is 39.2 Å². The first kappa shape index (κ1) is 17.8. The van der Waals surface area contributed by atoms with Gasteiger partial charge in [0.25, 0.3) is 5.91 Å². The lowest BCUT2D eigenvalue weighted by molar-refractivity contribution is -0.123. The van der Waals surface area contributed by atoms with Gasteiger partial charge in [-0.3, -0.25) is 4.79 Å². The number of carbonyl (C=O) groups excluding carboxylic acids is 2. The maximum atomic E-state index is 11.7. The van der Waals surface area contributed by atoms with E-state index in [9.17, 15) is 9.59 Å². The Morgan fingerprint density at radius 1 is 1.27 bits per heavy atom. The van der Waals surface area contributed by atoms with Gasteiger partial charge in [0, 0.05) is 13.7 Å². The van der Waals surface area contributed by atoms with Crippen LogP contribution in [0.5, 0.6) is 5.75 Å². The second-order valence-electron chi connectivity index (χ2n) is 4.52. The highest BCUT2D eigenvalue weighted by atomic mass is 16.5. The zero-order valence-electron chi connectivity index (χ0n) is 12.9. The van der Waals surface area contributed by atoms with E-state index in [1.165, 1.54) is 6.07 Å². The second-order valence-corrected chi connectivity index (χ2v) is 4.52. The fourth-order valence-corrected chi connectivity index (χ4v) is 1.57. The van der Waals surface area contributed by atoms with Crippen molar-refractivity contribution in [2.24, 2.45) is 0 Å². The van der Waals surface area contributed by atoms with Gasteiger partial charge in [-0.25, -0.2) is 4.79 Å². The number of nitrogens with one attached hydrogen (secondary N) is 1. The summed E-state index contributed by atoms with van der Waals surface area (Å²) in [6.45, 7) is 2.96. The zero-order valence-corrected chi connectivity index (χ0v) is 12.9. The number of hydrogen-bond acceptors (Lipinski definition) is 6. The summed E-state index contributed by atoms with van der Waals surface area (Å²) >= 11 is 0. The minimum atomic E-state index is -0.433. The minimum absolute atomic E-state index is 0.159. The maximum Gasteiger partial charge on any atom is 0.338 e. The monoisotopic (exact) mass is 310 g/mol. The number of nitrogen functional groups attached to an aromatic ring is 1. The van der Waals surface area contributed by atoms with Gasteiger partial charge in [0.1, 0.15) is 5.75 Å². The summed E-state index contributed by atoms with van der Waals surface area (Å²) in [6, 6.07) is 4.56. The van der Waals surface area contributed by atoms with Crippen LogP contribution in [0.4, 0.5) is 5.69 Å². The molecule has 0 aliphatic carbocycles. The van der Waals surface area contributed by atoms with Crippen LogP contribution in [-0.4, -0.2) is 45.4 Å². The first-order valence-electron chi connectivity index (χ1n) is 7.03. The number of hydrogen-bond donors (Lipinski definition) is 2. The van der Waals surface area contributed by atoms with Crippen LogP contribution in [-0.2, 0) is 14.3 Å². The van der Waals surface area contributed by atoms with Crippen LogP contribution in [0, 0.1) is 0 Å². The third kappa shape index (κ3) is 6.01. The number of benzene rings is 1. The van der Waals surface area contributed by atoms with Crippen LogP contribution in [0.3, 0.4) is 0 Å². The van der Waals surface area contributed by atoms with Gasteiger partial charge in [-0.2, -0.15) is 0 Å². The van der Waals surface area contributed by atoms with Crippen LogP contribution in [0.25, 0.3) is 0 Å². The number of ether oxygens (including phenoxy) is 3. The summed E-state index contributed by atoms with van der Waals surface area (Å²) in [4.78, 5) is 23.2. The summed E-state index contributed by atoms with van der Waals surface area (Å²) in [7, 11) is 1.55. The Balaban J connectivity index is 2.51. The number of rotatable bonds is 9. The molecule has 0 saturated heterocycles. The molecule has 0 spiro atoms.